The van der Waals surface area contributed by atoms with Crippen LogP contribution in [0, 0.1) is 12.1 Å². The maximum Gasteiger partial charge on any atom is 0.309 e. The molecule has 4 heteroatoms. The maximum absolute atomic E-state index is 12.1. The van der Waals surface area contributed by atoms with Crippen LogP contribution in [0.4, 0.5) is 0 Å². The van der Waals surface area contributed by atoms with E-state index in [0.717, 1.165) is 31.5 Å². The van der Waals surface area contributed by atoms with Crippen LogP contribution in [0.5, 0.6) is 0 Å². The molecule has 4 nitrogen and oxygen atoms in total. The third kappa shape index (κ3) is 5.53. The van der Waals surface area contributed by atoms with Crippen LogP contribution in [-0.4, -0.2) is 42.3 Å². The van der Waals surface area contributed by atoms with E-state index < -0.39 is 5.60 Å². The van der Waals surface area contributed by atoms with Crippen LogP contribution in [0.25, 0.3) is 0 Å². The van der Waals surface area contributed by atoms with Gasteiger partial charge in [0.15, 0.2) is 0 Å². The van der Waals surface area contributed by atoms with Gasteiger partial charge in [-0.3, -0.25) is 9.69 Å². The van der Waals surface area contributed by atoms with Crippen molar-refractivity contribution < 1.29 is 14.3 Å². The fourth-order valence-electron chi connectivity index (χ4n) is 3.09. The number of rotatable bonds is 6. The van der Waals surface area contributed by atoms with E-state index in [1.807, 2.05) is 32.9 Å². The van der Waals surface area contributed by atoms with Crippen LogP contribution < -0.4 is 0 Å². The summed E-state index contributed by atoms with van der Waals surface area (Å²) in [4.78, 5) is 14.5. The molecule has 0 aliphatic carbocycles. The molecule has 1 aliphatic rings. The zero-order valence-electron chi connectivity index (χ0n) is 14.6. The minimum atomic E-state index is -0.459. The van der Waals surface area contributed by atoms with Crippen molar-refractivity contribution in [2.75, 3.05) is 13.7 Å². The van der Waals surface area contributed by atoms with Gasteiger partial charge in [0.2, 0.25) is 0 Å². The SMILES string of the molecule is CO[C@H](CC(=O)OC(C)(C)C)C1CCCN1Cc1c#cccc1. The predicted octanol–water partition coefficient (Wildman–Crippen LogP) is 3.00. The lowest BCUT2D eigenvalue weighted by atomic mass is 10.0. The average Bonchev–Trinajstić information content (AvgIpc) is 2.92. The van der Waals surface area contributed by atoms with Gasteiger partial charge < -0.3 is 9.47 Å². The van der Waals surface area contributed by atoms with Gasteiger partial charge in [0.1, 0.15) is 5.60 Å². The van der Waals surface area contributed by atoms with Crippen molar-refractivity contribution >= 4 is 5.97 Å². The quantitative estimate of drug-likeness (QED) is 0.756. The molecule has 1 saturated heterocycles. The summed E-state index contributed by atoms with van der Waals surface area (Å²) in [5, 5.41) is 0. The molecule has 1 heterocycles. The molecule has 0 saturated carbocycles. The van der Waals surface area contributed by atoms with Gasteiger partial charge in [0.25, 0.3) is 0 Å². The summed E-state index contributed by atoms with van der Waals surface area (Å²) in [6.45, 7) is 7.49. The van der Waals surface area contributed by atoms with Crippen LogP contribution >= 0.6 is 0 Å². The fraction of sp³-hybridized carbons (Fsp3) is 0.632. The molecule has 1 aliphatic heterocycles. The van der Waals surface area contributed by atoms with E-state index in [1.54, 1.807) is 7.11 Å². The molecule has 1 unspecified atom stereocenters. The van der Waals surface area contributed by atoms with Crippen molar-refractivity contribution in [3.05, 3.63) is 35.9 Å². The third-order valence-corrected chi connectivity index (χ3v) is 4.02. The van der Waals surface area contributed by atoms with E-state index in [4.69, 9.17) is 9.47 Å². The molecule has 1 aromatic rings. The number of carbonyl (C=O) groups is 1. The Morgan fingerprint density at radius 1 is 1.48 bits per heavy atom. The standard InChI is InChI=1S/C19H27NO3/c1-19(2,3)23-18(21)13-17(22-4)16-11-8-12-20(16)14-15-9-6-5-7-10-15/h5-6,9,16-17H,8,11-14H2,1-4H3/t16?,17-/m1/s1. The lowest BCUT2D eigenvalue weighted by Gasteiger charge is -2.31. The second-order valence-electron chi connectivity index (χ2n) is 7.07. The lowest BCUT2D eigenvalue weighted by Crippen LogP contribution is -2.41. The largest absolute Gasteiger partial charge is 0.460 e. The average molecular weight is 317 g/mol. The highest BCUT2D eigenvalue weighted by atomic mass is 16.6. The van der Waals surface area contributed by atoms with E-state index in [0.29, 0.717) is 6.42 Å². The first-order chi connectivity index (χ1) is 10.9. The number of esters is 1. The summed E-state index contributed by atoms with van der Waals surface area (Å²) < 4.78 is 11.1. The van der Waals surface area contributed by atoms with E-state index in [9.17, 15) is 4.79 Å². The molecule has 0 N–H and O–H groups in total. The molecule has 1 aromatic carbocycles. The van der Waals surface area contributed by atoms with Gasteiger partial charge >= 0.3 is 5.97 Å². The van der Waals surface area contributed by atoms with Crippen LogP contribution in [-0.2, 0) is 20.8 Å². The Bertz CT molecular complexity index is 495. The Morgan fingerprint density at radius 3 is 2.87 bits per heavy atom. The van der Waals surface area contributed by atoms with Gasteiger partial charge in [0.05, 0.1) is 12.5 Å². The predicted molar refractivity (Wildman–Crippen MR) is 88.8 cm³/mol. The van der Waals surface area contributed by atoms with Crippen molar-refractivity contribution in [3.63, 3.8) is 0 Å². The van der Waals surface area contributed by atoms with Crippen LogP contribution in [0.1, 0.15) is 45.6 Å². The molecule has 1 fully saturated rings. The number of methoxy groups -OCH3 is 1. The molecule has 2 rings (SSSR count). The fourth-order valence-corrected chi connectivity index (χ4v) is 3.09. The van der Waals surface area contributed by atoms with Crippen molar-refractivity contribution in [2.45, 2.75) is 64.3 Å². The zero-order chi connectivity index (χ0) is 16.9. The van der Waals surface area contributed by atoms with Crippen molar-refractivity contribution in [2.24, 2.45) is 0 Å². The summed E-state index contributed by atoms with van der Waals surface area (Å²) in [7, 11) is 1.67. The summed E-state index contributed by atoms with van der Waals surface area (Å²) in [5.41, 5.74) is 0.658. The highest BCUT2D eigenvalue weighted by Crippen LogP contribution is 2.26. The topological polar surface area (TPSA) is 38.8 Å². The molecule has 23 heavy (non-hydrogen) atoms. The Hall–Kier alpha value is -1.57. The molecular weight excluding hydrogens is 290 g/mol. The minimum absolute atomic E-state index is 0.139. The van der Waals surface area contributed by atoms with Crippen molar-refractivity contribution in [1.29, 1.82) is 0 Å². The number of likely N-dealkylation sites (tertiary alicyclic amines) is 1. The summed E-state index contributed by atoms with van der Waals surface area (Å²) in [5.74, 6) is -0.198. The summed E-state index contributed by atoms with van der Waals surface area (Å²) in [6, 6.07) is 12.3. The van der Waals surface area contributed by atoms with E-state index in [1.165, 1.54) is 0 Å². The maximum atomic E-state index is 12.1. The number of carbonyl (C=O) groups excluding carboxylic acids is 1. The monoisotopic (exact) mass is 317 g/mol. The van der Waals surface area contributed by atoms with Gasteiger partial charge in [-0.05, 0) is 52.3 Å². The van der Waals surface area contributed by atoms with Crippen LogP contribution in [0.2, 0.25) is 0 Å². The van der Waals surface area contributed by atoms with Crippen LogP contribution in [0.3, 0.4) is 0 Å². The Kier molecular flexibility index (Phi) is 6.04. The molecular formula is C19H27NO3. The highest BCUT2D eigenvalue weighted by Gasteiger charge is 2.34. The van der Waals surface area contributed by atoms with Crippen LogP contribution in [0.15, 0.2) is 18.2 Å². The second kappa shape index (κ2) is 7.81. The highest BCUT2D eigenvalue weighted by molar-refractivity contribution is 5.70. The van der Waals surface area contributed by atoms with Gasteiger partial charge in [-0.15, -0.1) is 0 Å². The molecule has 0 bridgehead atoms. The number of ether oxygens (including phenoxy) is 2. The molecule has 0 aromatic heterocycles. The van der Waals surface area contributed by atoms with E-state index in [2.05, 4.69) is 23.1 Å². The van der Waals surface area contributed by atoms with Crippen molar-refractivity contribution in [3.8, 4) is 0 Å². The van der Waals surface area contributed by atoms with Gasteiger partial charge in [-0.1, -0.05) is 18.2 Å². The number of hydrogen-bond donors (Lipinski definition) is 0. The Balaban J connectivity index is 1.97. The molecule has 126 valence electrons. The van der Waals surface area contributed by atoms with Gasteiger partial charge in [0, 0.05) is 25.3 Å². The van der Waals surface area contributed by atoms with E-state index >= 15 is 0 Å². The summed E-state index contributed by atoms with van der Waals surface area (Å²) in [6.07, 6.45) is 2.31. The second-order valence-corrected chi connectivity index (χ2v) is 7.07. The van der Waals surface area contributed by atoms with Crippen molar-refractivity contribution in [1.82, 2.24) is 4.90 Å². The lowest BCUT2D eigenvalue weighted by molar-refractivity contribution is -0.158. The summed E-state index contributed by atoms with van der Waals surface area (Å²) >= 11 is 0. The molecule has 0 amide bonds. The third-order valence-electron chi connectivity index (χ3n) is 4.02. The smallest absolute Gasteiger partial charge is 0.309 e. The zero-order valence-corrected chi connectivity index (χ0v) is 14.6. The minimum Gasteiger partial charge on any atom is -0.460 e. The normalized spacial score (nSPS) is 20.1. The first-order valence-electron chi connectivity index (χ1n) is 8.25. The van der Waals surface area contributed by atoms with E-state index in [-0.39, 0.29) is 18.1 Å². The number of nitrogens with zero attached hydrogens (tertiary/aromatic N) is 1. The molecule has 0 spiro atoms. The molecule has 0 radical (unpaired) electrons. The Labute approximate surface area is 139 Å². The number of hydrogen-bond acceptors (Lipinski definition) is 4. The Morgan fingerprint density at radius 2 is 2.26 bits per heavy atom. The van der Waals surface area contributed by atoms with Gasteiger partial charge in [-0.25, -0.2) is 0 Å². The first-order valence-corrected chi connectivity index (χ1v) is 8.25. The molecule has 2 atom stereocenters. The van der Waals surface area contributed by atoms with Gasteiger partial charge in [-0.2, -0.15) is 0 Å². The first kappa shape index (κ1) is 17.8.